The fourth-order valence-electron chi connectivity index (χ4n) is 1.05. The first-order chi connectivity index (χ1) is 7.26. The SMILES string of the molecule is CCC(NC(=O)CCCC(F)(F)F)C(=O)O. The Bertz CT molecular complexity index is 253. The number of rotatable bonds is 6. The second-order valence-corrected chi connectivity index (χ2v) is 3.34. The van der Waals surface area contributed by atoms with Gasteiger partial charge in [0.1, 0.15) is 6.04 Å². The Morgan fingerprint density at radius 3 is 2.31 bits per heavy atom. The molecule has 0 saturated heterocycles. The molecule has 0 bridgehead atoms. The number of carbonyl (C=O) groups excluding carboxylic acids is 1. The summed E-state index contributed by atoms with van der Waals surface area (Å²) in [5, 5.41) is 10.7. The fourth-order valence-corrected chi connectivity index (χ4v) is 1.05. The van der Waals surface area contributed by atoms with E-state index in [2.05, 4.69) is 5.32 Å². The summed E-state index contributed by atoms with van der Waals surface area (Å²) in [6.45, 7) is 1.56. The Morgan fingerprint density at radius 1 is 1.38 bits per heavy atom. The number of hydrogen-bond acceptors (Lipinski definition) is 2. The van der Waals surface area contributed by atoms with Crippen LogP contribution in [0.2, 0.25) is 0 Å². The molecule has 0 fully saturated rings. The molecule has 16 heavy (non-hydrogen) atoms. The molecule has 4 nitrogen and oxygen atoms in total. The van der Waals surface area contributed by atoms with Crippen LogP contribution in [0.25, 0.3) is 0 Å². The van der Waals surface area contributed by atoms with Crippen molar-refractivity contribution in [3.8, 4) is 0 Å². The van der Waals surface area contributed by atoms with Crippen LogP contribution in [-0.2, 0) is 9.59 Å². The van der Waals surface area contributed by atoms with Crippen molar-refractivity contribution in [2.24, 2.45) is 0 Å². The van der Waals surface area contributed by atoms with Crippen LogP contribution in [0.4, 0.5) is 13.2 Å². The summed E-state index contributed by atoms with van der Waals surface area (Å²) in [6, 6.07) is -1.03. The van der Waals surface area contributed by atoms with Gasteiger partial charge in [0.15, 0.2) is 0 Å². The Labute approximate surface area is 90.8 Å². The standard InChI is InChI=1S/C9H14F3NO3/c1-2-6(8(15)16)13-7(14)4-3-5-9(10,11)12/h6H,2-5H2,1H3,(H,13,14)(H,15,16). The second-order valence-electron chi connectivity index (χ2n) is 3.34. The molecular formula is C9H14F3NO3. The minimum atomic E-state index is -4.28. The van der Waals surface area contributed by atoms with Crippen molar-refractivity contribution in [3.05, 3.63) is 0 Å². The average Bonchev–Trinajstić information content (AvgIpc) is 2.11. The van der Waals surface area contributed by atoms with E-state index in [0.717, 1.165) is 0 Å². The maximum Gasteiger partial charge on any atom is 0.389 e. The predicted octanol–water partition coefficient (Wildman–Crippen LogP) is 1.70. The Kier molecular flexibility index (Phi) is 5.84. The lowest BCUT2D eigenvalue weighted by atomic mass is 10.2. The first kappa shape index (κ1) is 14.7. The lowest BCUT2D eigenvalue weighted by molar-refractivity contribution is -0.143. The molecule has 94 valence electrons. The van der Waals surface area contributed by atoms with Crippen LogP contribution in [0.15, 0.2) is 0 Å². The highest BCUT2D eigenvalue weighted by molar-refractivity contribution is 5.83. The van der Waals surface area contributed by atoms with Crippen molar-refractivity contribution in [1.82, 2.24) is 5.32 Å². The van der Waals surface area contributed by atoms with E-state index in [0.29, 0.717) is 0 Å². The van der Waals surface area contributed by atoms with Crippen LogP contribution in [0.5, 0.6) is 0 Å². The van der Waals surface area contributed by atoms with Gasteiger partial charge in [-0.05, 0) is 12.8 Å². The summed E-state index contributed by atoms with van der Waals surface area (Å²) in [5.41, 5.74) is 0. The fraction of sp³-hybridized carbons (Fsp3) is 0.778. The number of carboxylic acids is 1. The quantitative estimate of drug-likeness (QED) is 0.743. The highest BCUT2D eigenvalue weighted by Crippen LogP contribution is 2.21. The van der Waals surface area contributed by atoms with E-state index < -0.39 is 30.5 Å². The number of carboxylic acid groups (broad SMARTS) is 1. The molecule has 0 heterocycles. The maximum absolute atomic E-state index is 11.7. The highest BCUT2D eigenvalue weighted by atomic mass is 19.4. The van der Waals surface area contributed by atoms with Gasteiger partial charge in [0.05, 0.1) is 0 Å². The summed E-state index contributed by atoms with van der Waals surface area (Å²) >= 11 is 0. The van der Waals surface area contributed by atoms with Crippen molar-refractivity contribution in [2.45, 2.75) is 44.8 Å². The van der Waals surface area contributed by atoms with Crippen molar-refractivity contribution in [3.63, 3.8) is 0 Å². The summed E-state index contributed by atoms with van der Waals surface area (Å²) in [6.07, 6.45) is -5.77. The van der Waals surface area contributed by atoms with Crippen LogP contribution in [0, 0.1) is 0 Å². The van der Waals surface area contributed by atoms with Crippen molar-refractivity contribution >= 4 is 11.9 Å². The van der Waals surface area contributed by atoms with Crippen LogP contribution >= 0.6 is 0 Å². The van der Waals surface area contributed by atoms with Crippen LogP contribution < -0.4 is 5.32 Å². The molecule has 0 aliphatic heterocycles. The van der Waals surface area contributed by atoms with Crippen LogP contribution in [-0.4, -0.2) is 29.2 Å². The maximum atomic E-state index is 11.7. The van der Waals surface area contributed by atoms with E-state index in [1.807, 2.05) is 0 Å². The molecular weight excluding hydrogens is 227 g/mol. The summed E-state index contributed by atoms with van der Waals surface area (Å²) < 4.78 is 35.2. The Hall–Kier alpha value is -1.27. The minimum Gasteiger partial charge on any atom is -0.480 e. The van der Waals surface area contributed by atoms with Gasteiger partial charge in [-0.1, -0.05) is 6.92 Å². The van der Waals surface area contributed by atoms with E-state index in [4.69, 9.17) is 5.11 Å². The molecule has 1 atom stereocenters. The van der Waals surface area contributed by atoms with Gasteiger partial charge in [0.2, 0.25) is 5.91 Å². The van der Waals surface area contributed by atoms with Gasteiger partial charge < -0.3 is 10.4 Å². The number of nitrogens with one attached hydrogen (secondary N) is 1. The van der Waals surface area contributed by atoms with Crippen LogP contribution in [0.1, 0.15) is 32.6 Å². The monoisotopic (exact) mass is 241 g/mol. The molecule has 1 amide bonds. The third kappa shape index (κ3) is 7.08. The zero-order valence-electron chi connectivity index (χ0n) is 8.80. The van der Waals surface area contributed by atoms with Crippen LogP contribution in [0.3, 0.4) is 0 Å². The highest BCUT2D eigenvalue weighted by Gasteiger charge is 2.27. The van der Waals surface area contributed by atoms with Gasteiger partial charge in [-0.25, -0.2) is 4.79 Å². The molecule has 0 aromatic heterocycles. The van der Waals surface area contributed by atoms with Gasteiger partial charge >= 0.3 is 12.1 Å². The molecule has 0 aromatic carbocycles. The smallest absolute Gasteiger partial charge is 0.389 e. The van der Waals surface area contributed by atoms with E-state index in [9.17, 15) is 22.8 Å². The van der Waals surface area contributed by atoms with E-state index in [1.165, 1.54) is 0 Å². The normalized spacial score (nSPS) is 13.2. The summed E-state index contributed by atoms with van der Waals surface area (Å²) in [4.78, 5) is 21.6. The number of carbonyl (C=O) groups is 2. The topological polar surface area (TPSA) is 66.4 Å². The van der Waals surface area contributed by atoms with Crippen molar-refractivity contribution in [2.75, 3.05) is 0 Å². The predicted molar refractivity (Wildman–Crippen MR) is 49.8 cm³/mol. The van der Waals surface area contributed by atoms with E-state index in [1.54, 1.807) is 6.92 Å². The van der Waals surface area contributed by atoms with E-state index >= 15 is 0 Å². The third-order valence-electron chi connectivity index (χ3n) is 1.91. The largest absolute Gasteiger partial charge is 0.480 e. The molecule has 0 aromatic rings. The number of alkyl halides is 3. The molecule has 0 aliphatic rings. The van der Waals surface area contributed by atoms with Gasteiger partial charge in [-0.2, -0.15) is 13.2 Å². The molecule has 2 N–H and O–H groups in total. The van der Waals surface area contributed by atoms with Gasteiger partial charge in [0, 0.05) is 12.8 Å². The molecule has 0 radical (unpaired) electrons. The summed E-state index contributed by atoms with van der Waals surface area (Å²) in [7, 11) is 0. The molecule has 7 heteroatoms. The number of halogens is 3. The van der Waals surface area contributed by atoms with Crippen molar-refractivity contribution < 1.29 is 27.9 Å². The molecule has 0 saturated carbocycles. The van der Waals surface area contributed by atoms with Gasteiger partial charge in [-0.3, -0.25) is 4.79 Å². The first-order valence-electron chi connectivity index (χ1n) is 4.85. The number of hydrogen-bond donors (Lipinski definition) is 2. The molecule has 0 rings (SSSR count). The molecule has 1 unspecified atom stereocenters. The zero-order chi connectivity index (χ0) is 12.8. The lowest BCUT2D eigenvalue weighted by Gasteiger charge is -2.12. The third-order valence-corrected chi connectivity index (χ3v) is 1.91. The summed E-state index contributed by atoms with van der Waals surface area (Å²) in [5.74, 6) is -1.86. The lowest BCUT2D eigenvalue weighted by Crippen LogP contribution is -2.40. The molecule has 0 spiro atoms. The Balaban J connectivity index is 3.86. The van der Waals surface area contributed by atoms with E-state index in [-0.39, 0.29) is 19.3 Å². The van der Waals surface area contributed by atoms with Gasteiger partial charge in [-0.15, -0.1) is 0 Å². The Morgan fingerprint density at radius 2 is 1.94 bits per heavy atom. The van der Waals surface area contributed by atoms with Gasteiger partial charge in [0.25, 0.3) is 0 Å². The number of aliphatic carboxylic acids is 1. The zero-order valence-corrected chi connectivity index (χ0v) is 8.80. The molecule has 0 aliphatic carbocycles. The average molecular weight is 241 g/mol. The second kappa shape index (κ2) is 6.34. The minimum absolute atomic E-state index is 0.195. The van der Waals surface area contributed by atoms with Crippen molar-refractivity contribution in [1.29, 1.82) is 0 Å². The number of amides is 1. The first-order valence-corrected chi connectivity index (χ1v) is 4.85.